The molecule has 52 heavy (non-hydrogen) atoms. The highest BCUT2D eigenvalue weighted by molar-refractivity contribution is 5.72. The number of carboxylic acids is 1. The zero-order valence-corrected chi connectivity index (χ0v) is 34.3. The lowest BCUT2D eigenvalue weighted by atomic mass is 10.0. The Kier molecular flexibility index (Phi) is 33.9. The molecule has 0 rings (SSSR count). The van der Waals surface area contributed by atoms with Gasteiger partial charge >= 0.3 is 17.9 Å². The van der Waals surface area contributed by atoms with Crippen LogP contribution >= 0.6 is 0 Å². The van der Waals surface area contributed by atoms with E-state index in [4.69, 9.17) is 14.2 Å². The van der Waals surface area contributed by atoms with Gasteiger partial charge in [0.05, 0.1) is 34.4 Å². The van der Waals surface area contributed by atoms with E-state index in [9.17, 15) is 19.5 Å². The molecule has 0 fully saturated rings. The highest BCUT2D eigenvalue weighted by atomic mass is 16.6. The molecule has 0 saturated carbocycles. The first kappa shape index (κ1) is 49.6. The number of nitrogens with zero attached hydrogens (tertiary/aromatic N) is 1. The molecule has 0 aromatic carbocycles. The van der Waals surface area contributed by atoms with E-state index in [-0.39, 0.29) is 42.7 Å². The SMILES string of the molecule is CCCCC/C=C\C/C=C\C/C=C\CCCCC(=O)O[C@@H](COCCC(C(=O)O)[N+](C)(C)C)COC(=O)CCCCCCCCCCCCCCC. The summed E-state index contributed by atoms with van der Waals surface area (Å²) in [6.45, 7) is 4.66. The number of hydrogen-bond donors (Lipinski definition) is 1. The van der Waals surface area contributed by atoms with Crippen LogP contribution in [0.3, 0.4) is 0 Å². The molecule has 302 valence electrons. The summed E-state index contributed by atoms with van der Waals surface area (Å²) >= 11 is 0. The smallest absolute Gasteiger partial charge is 0.362 e. The van der Waals surface area contributed by atoms with Gasteiger partial charge in [-0.2, -0.15) is 0 Å². The van der Waals surface area contributed by atoms with E-state index in [1.807, 2.05) is 21.1 Å². The first-order valence-corrected chi connectivity index (χ1v) is 21.0. The highest BCUT2D eigenvalue weighted by Crippen LogP contribution is 2.14. The predicted octanol–water partition coefficient (Wildman–Crippen LogP) is 11.1. The molecule has 0 radical (unpaired) electrons. The lowest BCUT2D eigenvalue weighted by molar-refractivity contribution is -0.887. The van der Waals surface area contributed by atoms with Gasteiger partial charge in [-0.05, 0) is 51.4 Å². The quantitative estimate of drug-likeness (QED) is 0.0293. The summed E-state index contributed by atoms with van der Waals surface area (Å²) < 4.78 is 17.2. The summed E-state index contributed by atoms with van der Waals surface area (Å²) in [6.07, 6.45) is 39.0. The fourth-order valence-corrected chi connectivity index (χ4v) is 5.98. The maximum absolute atomic E-state index is 12.7. The number of unbranched alkanes of at least 4 members (excludes halogenated alkanes) is 17. The van der Waals surface area contributed by atoms with Crippen molar-refractivity contribution >= 4 is 17.9 Å². The van der Waals surface area contributed by atoms with Crippen LogP contribution in [0.25, 0.3) is 0 Å². The Hall–Kier alpha value is -2.45. The van der Waals surface area contributed by atoms with Gasteiger partial charge in [-0.3, -0.25) is 9.59 Å². The van der Waals surface area contributed by atoms with Crippen molar-refractivity contribution in [3.63, 3.8) is 0 Å². The highest BCUT2D eigenvalue weighted by Gasteiger charge is 2.31. The largest absolute Gasteiger partial charge is 0.477 e. The fraction of sp³-hybridized carbons (Fsp3) is 0.795. The van der Waals surface area contributed by atoms with Gasteiger partial charge in [0, 0.05) is 19.3 Å². The molecule has 0 aromatic heterocycles. The number of hydrogen-bond acceptors (Lipinski definition) is 6. The third-order valence-electron chi connectivity index (χ3n) is 9.29. The molecule has 8 nitrogen and oxygen atoms in total. The summed E-state index contributed by atoms with van der Waals surface area (Å²) in [5, 5.41) is 9.60. The summed E-state index contributed by atoms with van der Waals surface area (Å²) in [6, 6.07) is -0.619. The van der Waals surface area contributed by atoms with E-state index < -0.39 is 18.1 Å². The Morgan fingerprint density at radius 1 is 0.577 bits per heavy atom. The van der Waals surface area contributed by atoms with E-state index in [0.29, 0.717) is 19.3 Å². The molecule has 0 aliphatic rings. The molecule has 8 heteroatoms. The number of allylic oxidation sites excluding steroid dienone is 6. The van der Waals surface area contributed by atoms with Crippen LogP contribution in [-0.2, 0) is 28.6 Å². The average Bonchev–Trinajstić information content (AvgIpc) is 3.09. The van der Waals surface area contributed by atoms with Gasteiger partial charge in [-0.15, -0.1) is 0 Å². The Bertz CT molecular complexity index is 953. The van der Waals surface area contributed by atoms with Gasteiger partial charge < -0.3 is 23.8 Å². The molecule has 2 atom stereocenters. The number of carbonyl (C=O) groups excluding carboxylic acids is 2. The van der Waals surface area contributed by atoms with Crippen LogP contribution in [0.15, 0.2) is 36.5 Å². The standard InChI is InChI=1S/C44H79NO7/c1-6-8-10-12-14-16-18-20-21-23-25-27-29-31-33-35-43(47)52-40(38-50-37-36-41(44(48)49)45(3,4)5)39-51-42(46)34-32-30-28-26-24-22-19-17-15-13-11-9-7-2/h14,16,20-21,25,27,40-41H,6-13,15,17-19,22-24,26,28-39H2,1-5H3/p+1/b16-14-,21-20-,27-25-/t40-,41?/m0/s1. The molecule has 1 unspecified atom stereocenters. The number of likely N-dealkylation sites (N-methyl/N-ethyl adjacent to an activating group) is 1. The van der Waals surface area contributed by atoms with Gasteiger partial charge in [0.25, 0.3) is 0 Å². The van der Waals surface area contributed by atoms with Crippen molar-refractivity contribution in [2.75, 3.05) is 41.0 Å². The van der Waals surface area contributed by atoms with Gasteiger partial charge in [-0.1, -0.05) is 140 Å². The Morgan fingerprint density at radius 2 is 1.02 bits per heavy atom. The Balaban J connectivity index is 4.44. The van der Waals surface area contributed by atoms with E-state index in [2.05, 4.69) is 50.3 Å². The van der Waals surface area contributed by atoms with Crippen LogP contribution in [0, 0.1) is 0 Å². The van der Waals surface area contributed by atoms with Gasteiger partial charge in [0.2, 0.25) is 0 Å². The summed E-state index contributed by atoms with van der Waals surface area (Å²) in [5.41, 5.74) is 0. The molecule has 1 N–H and O–H groups in total. The Labute approximate surface area is 319 Å². The molecule has 0 saturated heterocycles. The van der Waals surface area contributed by atoms with Crippen molar-refractivity contribution < 1.29 is 38.2 Å². The van der Waals surface area contributed by atoms with E-state index in [1.54, 1.807) is 0 Å². The number of ether oxygens (including phenoxy) is 3. The molecule has 0 spiro atoms. The van der Waals surface area contributed by atoms with E-state index in [1.165, 1.54) is 89.9 Å². The lowest BCUT2D eigenvalue weighted by Gasteiger charge is -2.31. The zero-order chi connectivity index (χ0) is 38.5. The van der Waals surface area contributed by atoms with E-state index >= 15 is 0 Å². The van der Waals surface area contributed by atoms with Crippen LogP contribution in [0.2, 0.25) is 0 Å². The molecular weight excluding hydrogens is 654 g/mol. The minimum Gasteiger partial charge on any atom is -0.477 e. The van der Waals surface area contributed by atoms with Crippen molar-refractivity contribution in [1.82, 2.24) is 0 Å². The number of aliphatic carboxylic acids is 1. The molecule has 0 bridgehead atoms. The second-order valence-corrected chi connectivity index (χ2v) is 15.2. The second kappa shape index (κ2) is 35.6. The van der Waals surface area contributed by atoms with Crippen LogP contribution < -0.4 is 0 Å². The molecule has 0 aliphatic heterocycles. The molecular formula is C44H80NO7+. The summed E-state index contributed by atoms with van der Waals surface area (Å²) in [4.78, 5) is 36.9. The number of esters is 2. The maximum atomic E-state index is 12.7. The molecule has 0 aromatic rings. The molecule has 0 aliphatic carbocycles. The minimum absolute atomic E-state index is 0.0478. The van der Waals surface area contributed by atoms with Gasteiger partial charge in [-0.25, -0.2) is 4.79 Å². The van der Waals surface area contributed by atoms with Crippen LogP contribution in [-0.4, -0.2) is 80.6 Å². The first-order valence-electron chi connectivity index (χ1n) is 21.0. The average molecular weight is 735 g/mol. The first-order chi connectivity index (χ1) is 25.1. The predicted molar refractivity (Wildman–Crippen MR) is 215 cm³/mol. The van der Waals surface area contributed by atoms with Crippen LogP contribution in [0.1, 0.15) is 174 Å². The number of quaternary nitrogens is 1. The van der Waals surface area contributed by atoms with E-state index in [0.717, 1.165) is 44.9 Å². The van der Waals surface area contributed by atoms with Crippen molar-refractivity contribution in [1.29, 1.82) is 0 Å². The minimum atomic E-state index is -0.881. The molecule has 0 heterocycles. The maximum Gasteiger partial charge on any atom is 0.362 e. The van der Waals surface area contributed by atoms with Crippen molar-refractivity contribution in [2.45, 2.75) is 187 Å². The van der Waals surface area contributed by atoms with Gasteiger partial charge in [0.15, 0.2) is 12.1 Å². The lowest BCUT2D eigenvalue weighted by Crippen LogP contribution is -2.50. The van der Waals surface area contributed by atoms with Crippen molar-refractivity contribution in [3.05, 3.63) is 36.5 Å². The zero-order valence-electron chi connectivity index (χ0n) is 34.3. The third kappa shape index (κ3) is 33.4. The molecule has 0 amide bonds. The summed E-state index contributed by atoms with van der Waals surface area (Å²) in [7, 11) is 5.51. The number of carboxylic acid groups (broad SMARTS) is 1. The summed E-state index contributed by atoms with van der Waals surface area (Å²) in [5.74, 6) is -1.51. The topological polar surface area (TPSA) is 99.1 Å². The monoisotopic (exact) mass is 735 g/mol. The number of carbonyl (C=O) groups is 3. The Morgan fingerprint density at radius 3 is 1.54 bits per heavy atom. The number of rotatable bonds is 37. The van der Waals surface area contributed by atoms with Gasteiger partial charge in [0.1, 0.15) is 6.61 Å². The normalized spacial score (nSPS) is 13.3. The van der Waals surface area contributed by atoms with Crippen LogP contribution in [0.4, 0.5) is 0 Å². The van der Waals surface area contributed by atoms with Crippen molar-refractivity contribution in [2.24, 2.45) is 0 Å². The second-order valence-electron chi connectivity index (χ2n) is 15.2. The third-order valence-corrected chi connectivity index (χ3v) is 9.29. The van der Waals surface area contributed by atoms with Crippen LogP contribution in [0.5, 0.6) is 0 Å². The fourth-order valence-electron chi connectivity index (χ4n) is 5.98. The van der Waals surface area contributed by atoms with Crippen molar-refractivity contribution in [3.8, 4) is 0 Å².